The molecule has 0 aliphatic carbocycles. The van der Waals surface area contributed by atoms with Crippen molar-refractivity contribution in [3.05, 3.63) is 35.4 Å². The van der Waals surface area contributed by atoms with Crippen molar-refractivity contribution in [2.45, 2.75) is 32.9 Å². The van der Waals surface area contributed by atoms with Gasteiger partial charge in [-0.1, -0.05) is 31.2 Å². The number of nitrogens with two attached hydrogens (primary N) is 1. The van der Waals surface area contributed by atoms with Crippen molar-refractivity contribution in [2.75, 3.05) is 27.2 Å². The molecule has 0 radical (unpaired) electrons. The van der Waals surface area contributed by atoms with Crippen LogP contribution in [-0.2, 0) is 13.1 Å². The van der Waals surface area contributed by atoms with Crippen LogP contribution >= 0.6 is 0 Å². The molecule has 1 aliphatic rings. The van der Waals surface area contributed by atoms with Crippen LogP contribution in [0.15, 0.2) is 29.3 Å². The fourth-order valence-corrected chi connectivity index (χ4v) is 2.79. The van der Waals surface area contributed by atoms with Crippen LogP contribution in [0.2, 0.25) is 0 Å². The SMILES string of the molecule is CC1CCCN(C(N)=NCc2ccc(CN(C)C)cc2)C1. The highest BCUT2D eigenvalue weighted by molar-refractivity contribution is 5.78. The monoisotopic (exact) mass is 288 g/mol. The predicted molar refractivity (Wildman–Crippen MR) is 89.1 cm³/mol. The highest BCUT2D eigenvalue weighted by Crippen LogP contribution is 2.15. The molecule has 0 saturated carbocycles. The molecule has 0 aromatic heterocycles. The predicted octanol–water partition coefficient (Wildman–Crippen LogP) is 2.29. The van der Waals surface area contributed by atoms with E-state index in [9.17, 15) is 0 Å². The lowest BCUT2D eigenvalue weighted by molar-refractivity contribution is 0.270. The van der Waals surface area contributed by atoms with Crippen LogP contribution < -0.4 is 5.73 Å². The number of benzene rings is 1. The maximum atomic E-state index is 6.12. The molecule has 0 bridgehead atoms. The van der Waals surface area contributed by atoms with Gasteiger partial charge in [0.25, 0.3) is 0 Å². The number of rotatable bonds is 4. The Hall–Kier alpha value is -1.55. The first-order valence-corrected chi connectivity index (χ1v) is 7.82. The van der Waals surface area contributed by atoms with Crippen molar-refractivity contribution in [2.24, 2.45) is 16.6 Å². The Bertz CT molecular complexity index is 464. The van der Waals surface area contributed by atoms with E-state index in [4.69, 9.17) is 5.73 Å². The number of aliphatic imine (C=N–C) groups is 1. The van der Waals surface area contributed by atoms with Gasteiger partial charge in [-0.05, 0) is 44.0 Å². The third-order valence-corrected chi connectivity index (χ3v) is 3.93. The number of nitrogens with zero attached hydrogens (tertiary/aromatic N) is 3. The van der Waals surface area contributed by atoms with Gasteiger partial charge in [-0.15, -0.1) is 0 Å². The molecule has 1 unspecified atom stereocenters. The van der Waals surface area contributed by atoms with E-state index in [1.807, 2.05) is 0 Å². The van der Waals surface area contributed by atoms with E-state index in [0.717, 1.165) is 25.6 Å². The number of hydrogen-bond acceptors (Lipinski definition) is 2. The third-order valence-electron chi connectivity index (χ3n) is 3.93. The summed E-state index contributed by atoms with van der Waals surface area (Å²) in [5, 5.41) is 0. The third kappa shape index (κ3) is 5.05. The molecule has 1 atom stereocenters. The largest absolute Gasteiger partial charge is 0.370 e. The molecule has 21 heavy (non-hydrogen) atoms. The molecule has 1 aliphatic heterocycles. The van der Waals surface area contributed by atoms with E-state index >= 15 is 0 Å². The fraction of sp³-hybridized carbons (Fsp3) is 0.588. The Morgan fingerprint density at radius 1 is 1.29 bits per heavy atom. The Balaban J connectivity index is 1.90. The van der Waals surface area contributed by atoms with Gasteiger partial charge < -0.3 is 15.5 Å². The second-order valence-electron chi connectivity index (χ2n) is 6.42. The summed E-state index contributed by atoms with van der Waals surface area (Å²) < 4.78 is 0. The van der Waals surface area contributed by atoms with Crippen LogP contribution in [0.25, 0.3) is 0 Å². The van der Waals surface area contributed by atoms with Crippen LogP contribution in [-0.4, -0.2) is 42.9 Å². The summed E-state index contributed by atoms with van der Waals surface area (Å²) in [6.45, 7) is 6.00. The topological polar surface area (TPSA) is 44.9 Å². The summed E-state index contributed by atoms with van der Waals surface area (Å²) in [6, 6.07) is 8.64. The Morgan fingerprint density at radius 2 is 1.95 bits per heavy atom. The normalized spacial score (nSPS) is 20.1. The molecule has 1 aromatic carbocycles. The van der Waals surface area contributed by atoms with Gasteiger partial charge in [-0.3, -0.25) is 0 Å². The highest BCUT2D eigenvalue weighted by atomic mass is 15.3. The van der Waals surface area contributed by atoms with Crippen molar-refractivity contribution in [3.63, 3.8) is 0 Å². The lowest BCUT2D eigenvalue weighted by atomic mass is 10.0. The van der Waals surface area contributed by atoms with Gasteiger partial charge in [-0.25, -0.2) is 4.99 Å². The first kappa shape index (κ1) is 15.8. The Kier molecular flexibility index (Phi) is 5.62. The number of piperidine rings is 1. The summed E-state index contributed by atoms with van der Waals surface area (Å²) in [4.78, 5) is 8.94. The zero-order valence-corrected chi connectivity index (χ0v) is 13.5. The maximum absolute atomic E-state index is 6.12. The van der Waals surface area contributed by atoms with E-state index < -0.39 is 0 Å². The molecule has 1 heterocycles. The minimum atomic E-state index is 0.666. The van der Waals surface area contributed by atoms with Gasteiger partial charge in [0.15, 0.2) is 5.96 Å². The molecule has 0 spiro atoms. The molecule has 1 saturated heterocycles. The van der Waals surface area contributed by atoms with Gasteiger partial charge in [-0.2, -0.15) is 0 Å². The highest BCUT2D eigenvalue weighted by Gasteiger charge is 2.17. The zero-order valence-electron chi connectivity index (χ0n) is 13.5. The quantitative estimate of drug-likeness (QED) is 0.683. The van der Waals surface area contributed by atoms with Crippen molar-refractivity contribution >= 4 is 5.96 Å². The lowest BCUT2D eigenvalue weighted by Gasteiger charge is -2.31. The van der Waals surface area contributed by atoms with Gasteiger partial charge in [0.05, 0.1) is 6.54 Å². The molecule has 2 rings (SSSR count). The van der Waals surface area contributed by atoms with E-state index in [1.165, 1.54) is 24.0 Å². The minimum Gasteiger partial charge on any atom is -0.370 e. The fourth-order valence-electron chi connectivity index (χ4n) is 2.79. The maximum Gasteiger partial charge on any atom is 0.191 e. The van der Waals surface area contributed by atoms with Gasteiger partial charge in [0, 0.05) is 19.6 Å². The zero-order chi connectivity index (χ0) is 15.2. The standard InChI is InChI=1S/C17H28N4/c1-14-5-4-10-21(12-14)17(18)19-11-15-6-8-16(9-7-15)13-20(2)3/h6-9,14H,4-5,10-13H2,1-3H3,(H2,18,19). The van der Waals surface area contributed by atoms with Crippen molar-refractivity contribution in [1.29, 1.82) is 0 Å². The molecule has 1 fully saturated rings. The van der Waals surface area contributed by atoms with Crippen molar-refractivity contribution < 1.29 is 0 Å². The molecule has 2 N–H and O–H groups in total. The van der Waals surface area contributed by atoms with E-state index in [-0.39, 0.29) is 0 Å². The minimum absolute atomic E-state index is 0.666. The molecular weight excluding hydrogens is 260 g/mol. The second-order valence-corrected chi connectivity index (χ2v) is 6.42. The summed E-state index contributed by atoms with van der Waals surface area (Å²) in [5.74, 6) is 1.41. The van der Waals surface area contributed by atoms with E-state index in [0.29, 0.717) is 12.5 Å². The Labute approximate surface area is 128 Å². The van der Waals surface area contributed by atoms with E-state index in [2.05, 4.69) is 60.1 Å². The summed E-state index contributed by atoms with van der Waals surface area (Å²) >= 11 is 0. The van der Waals surface area contributed by atoms with Crippen LogP contribution in [0.5, 0.6) is 0 Å². The number of guanidine groups is 1. The summed E-state index contributed by atoms with van der Waals surface area (Å²) in [7, 11) is 4.16. The average Bonchev–Trinajstić information content (AvgIpc) is 2.45. The molecular formula is C17H28N4. The Morgan fingerprint density at radius 3 is 2.57 bits per heavy atom. The average molecular weight is 288 g/mol. The van der Waals surface area contributed by atoms with Crippen molar-refractivity contribution in [3.8, 4) is 0 Å². The molecule has 4 nitrogen and oxygen atoms in total. The number of hydrogen-bond donors (Lipinski definition) is 1. The van der Waals surface area contributed by atoms with Gasteiger partial charge >= 0.3 is 0 Å². The molecule has 116 valence electrons. The second kappa shape index (κ2) is 7.46. The lowest BCUT2D eigenvalue weighted by Crippen LogP contribution is -2.43. The van der Waals surface area contributed by atoms with Gasteiger partial charge in [0.2, 0.25) is 0 Å². The van der Waals surface area contributed by atoms with E-state index in [1.54, 1.807) is 0 Å². The van der Waals surface area contributed by atoms with Crippen LogP contribution in [0.3, 0.4) is 0 Å². The summed E-state index contributed by atoms with van der Waals surface area (Å²) in [6.07, 6.45) is 2.52. The smallest absolute Gasteiger partial charge is 0.191 e. The molecule has 4 heteroatoms. The molecule has 1 aromatic rings. The number of likely N-dealkylation sites (tertiary alicyclic amines) is 1. The first-order valence-electron chi connectivity index (χ1n) is 7.82. The van der Waals surface area contributed by atoms with Crippen LogP contribution in [0.1, 0.15) is 30.9 Å². The van der Waals surface area contributed by atoms with Crippen LogP contribution in [0.4, 0.5) is 0 Å². The van der Waals surface area contributed by atoms with Crippen LogP contribution in [0, 0.1) is 5.92 Å². The molecule has 0 amide bonds. The summed E-state index contributed by atoms with van der Waals surface area (Å²) in [5.41, 5.74) is 8.66. The van der Waals surface area contributed by atoms with Gasteiger partial charge in [0.1, 0.15) is 0 Å². The first-order chi connectivity index (χ1) is 10.0. The van der Waals surface area contributed by atoms with Crippen molar-refractivity contribution in [1.82, 2.24) is 9.80 Å².